The van der Waals surface area contributed by atoms with E-state index >= 15 is 0 Å². The van der Waals surface area contributed by atoms with Gasteiger partial charge in [0.25, 0.3) is 0 Å². The number of allylic oxidation sites excluding steroid dienone is 2. The molecule has 0 aliphatic heterocycles. The Balaban J connectivity index is 0. The first-order chi connectivity index (χ1) is 15.7. The molecule has 0 heterocycles. The fraction of sp³-hybridized carbons (Fsp3) is 0.400. The van der Waals surface area contributed by atoms with Crippen LogP contribution in [0.4, 0.5) is 0 Å². The van der Waals surface area contributed by atoms with Crippen LogP contribution < -0.4 is 0 Å². The quantitative estimate of drug-likeness (QED) is 0.0799. The SMILES string of the molecule is CCCCC(=C=[N+]=[N-])C=C(c1cccc(CC)c1)c1cccc(CCCC)c1.[CH2-]C.[CH2-]C.[Ni+2]. The molecule has 0 radical (unpaired) electrons. The van der Waals surface area contributed by atoms with Crippen molar-refractivity contribution in [2.75, 3.05) is 0 Å². The van der Waals surface area contributed by atoms with Crippen molar-refractivity contribution in [2.45, 2.75) is 79.6 Å². The maximum Gasteiger partial charge on any atom is 2.00 e. The molecule has 182 valence electrons. The Morgan fingerprint density at radius 3 is 1.94 bits per heavy atom. The Bertz CT molecular complexity index is 886. The van der Waals surface area contributed by atoms with Crippen molar-refractivity contribution in [1.82, 2.24) is 0 Å². The van der Waals surface area contributed by atoms with Gasteiger partial charge in [-0.25, -0.2) is 0 Å². The van der Waals surface area contributed by atoms with E-state index in [0.717, 1.165) is 43.3 Å². The molecule has 0 aliphatic carbocycles. The molecular formula is C30H42N2Ni. The molecule has 0 amide bonds. The molecular weight excluding hydrogens is 447 g/mol. The normalized spacial score (nSPS) is 9.73. The van der Waals surface area contributed by atoms with Crippen LogP contribution in [0.1, 0.15) is 89.0 Å². The summed E-state index contributed by atoms with van der Waals surface area (Å²) in [4.78, 5) is 3.19. The average Bonchev–Trinajstić information content (AvgIpc) is 2.87. The average molecular weight is 489 g/mol. The minimum atomic E-state index is 0. The molecule has 0 atom stereocenters. The van der Waals surface area contributed by atoms with E-state index in [1.54, 1.807) is 13.8 Å². The molecule has 0 bridgehead atoms. The van der Waals surface area contributed by atoms with Gasteiger partial charge in [-0.1, -0.05) is 82.1 Å². The second-order valence-corrected chi connectivity index (χ2v) is 7.26. The van der Waals surface area contributed by atoms with Crippen LogP contribution in [-0.2, 0) is 29.3 Å². The first kappa shape index (κ1) is 33.0. The van der Waals surface area contributed by atoms with Crippen molar-refractivity contribution >= 4 is 11.4 Å². The number of unbranched alkanes of at least 4 members (excludes halogenated alkanes) is 2. The number of hydrogen-bond donors (Lipinski definition) is 0. The Morgan fingerprint density at radius 2 is 1.42 bits per heavy atom. The molecule has 0 spiro atoms. The Hall–Kier alpha value is -2.17. The molecule has 0 N–H and O–H groups in total. The van der Waals surface area contributed by atoms with E-state index in [1.807, 2.05) is 0 Å². The van der Waals surface area contributed by atoms with Crippen molar-refractivity contribution in [1.29, 1.82) is 0 Å². The second-order valence-electron chi connectivity index (χ2n) is 7.26. The third-order valence-electron chi connectivity index (χ3n) is 5.02. The number of aryl methyl sites for hydroxylation is 2. The van der Waals surface area contributed by atoms with Crippen LogP contribution in [0.2, 0.25) is 0 Å². The zero-order chi connectivity index (χ0) is 24.2. The van der Waals surface area contributed by atoms with E-state index in [9.17, 15) is 0 Å². The van der Waals surface area contributed by atoms with E-state index < -0.39 is 0 Å². The van der Waals surface area contributed by atoms with Crippen LogP contribution in [0.25, 0.3) is 11.1 Å². The molecule has 0 aromatic heterocycles. The molecule has 2 rings (SSSR count). The monoisotopic (exact) mass is 488 g/mol. The van der Waals surface area contributed by atoms with Gasteiger partial charge in [0.2, 0.25) is 0 Å². The van der Waals surface area contributed by atoms with Gasteiger partial charge in [-0.05, 0) is 66.0 Å². The molecule has 2 aromatic rings. The first-order valence-corrected chi connectivity index (χ1v) is 12.0. The molecule has 2 nitrogen and oxygen atoms in total. The minimum absolute atomic E-state index is 0. The zero-order valence-corrected chi connectivity index (χ0v) is 22.3. The standard InChI is InChI=1S/C26H32N2.2C2H5.Ni/c1-4-7-11-22-14-10-16-25(18-22)26(19-23(20-28-27)12-8-5-2)24-15-9-13-21(6-3)17-24;2*1-2;/h9-10,13-19H,4-8,11-12H2,1-3H3;2*1H2,2H3;/q;2*-1;+2. The molecule has 0 saturated carbocycles. The first-order valence-electron chi connectivity index (χ1n) is 12.0. The van der Waals surface area contributed by atoms with Gasteiger partial charge in [0.15, 0.2) is 0 Å². The summed E-state index contributed by atoms with van der Waals surface area (Å²) in [5.41, 5.74) is 16.3. The summed E-state index contributed by atoms with van der Waals surface area (Å²) < 4.78 is 0. The molecule has 2 aromatic carbocycles. The number of hydrogen-bond acceptors (Lipinski definition) is 0. The molecule has 0 aliphatic rings. The van der Waals surface area contributed by atoms with E-state index in [4.69, 9.17) is 5.53 Å². The zero-order valence-electron chi connectivity index (χ0n) is 21.3. The van der Waals surface area contributed by atoms with Crippen LogP contribution in [0.15, 0.2) is 60.2 Å². The van der Waals surface area contributed by atoms with Crippen molar-refractivity contribution in [3.05, 3.63) is 102 Å². The maximum atomic E-state index is 9.08. The summed E-state index contributed by atoms with van der Waals surface area (Å²) in [6.07, 6.45) is 9.65. The van der Waals surface area contributed by atoms with Crippen molar-refractivity contribution in [2.24, 2.45) is 0 Å². The molecule has 0 unspecified atom stereocenters. The summed E-state index contributed by atoms with van der Waals surface area (Å²) >= 11 is 0. The predicted molar refractivity (Wildman–Crippen MR) is 142 cm³/mol. The number of benzene rings is 2. The maximum absolute atomic E-state index is 9.08. The van der Waals surface area contributed by atoms with Crippen LogP contribution in [0.3, 0.4) is 0 Å². The third-order valence-corrected chi connectivity index (χ3v) is 5.02. The van der Waals surface area contributed by atoms with E-state index in [-0.39, 0.29) is 16.5 Å². The molecule has 3 heteroatoms. The number of rotatable bonds is 10. The summed E-state index contributed by atoms with van der Waals surface area (Å²) in [6.45, 7) is 16.6. The Morgan fingerprint density at radius 1 is 0.879 bits per heavy atom. The topological polar surface area (TPSA) is 36.4 Å². The van der Waals surface area contributed by atoms with E-state index in [1.165, 1.54) is 35.1 Å². The van der Waals surface area contributed by atoms with Crippen LogP contribution in [0.5, 0.6) is 0 Å². The fourth-order valence-corrected chi connectivity index (χ4v) is 3.33. The molecule has 0 saturated heterocycles. The van der Waals surface area contributed by atoms with Crippen molar-refractivity contribution in [3.63, 3.8) is 0 Å². The van der Waals surface area contributed by atoms with Gasteiger partial charge < -0.3 is 19.4 Å². The fourth-order valence-electron chi connectivity index (χ4n) is 3.33. The minimum Gasteiger partial charge on any atom is -0.348 e. The van der Waals surface area contributed by atoms with Crippen LogP contribution >= 0.6 is 0 Å². The van der Waals surface area contributed by atoms with Crippen LogP contribution in [0, 0.1) is 13.8 Å². The summed E-state index contributed by atoms with van der Waals surface area (Å²) in [5, 5.41) is 0. The van der Waals surface area contributed by atoms with Gasteiger partial charge in [0.05, 0.1) is 5.57 Å². The van der Waals surface area contributed by atoms with Gasteiger partial charge in [-0.15, -0.1) is 4.79 Å². The smallest absolute Gasteiger partial charge is 0.348 e. The second kappa shape index (κ2) is 21.7. The van der Waals surface area contributed by atoms with E-state index in [2.05, 4.69) is 99.9 Å². The Kier molecular flexibility index (Phi) is 21.7. The van der Waals surface area contributed by atoms with E-state index in [0.29, 0.717) is 0 Å². The van der Waals surface area contributed by atoms with Gasteiger partial charge in [0, 0.05) is 0 Å². The predicted octanol–water partition coefficient (Wildman–Crippen LogP) is 8.72. The van der Waals surface area contributed by atoms with Gasteiger partial charge in [0.1, 0.15) is 0 Å². The molecule has 0 fully saturated rings. The van der Waals surface area contributed by atoms with Crippen molar-refractivity contribution in [3.8, 4) is 0 Å². The summed E-state index contributed by atoms with van der Waals surface area (Å²) in [7, 11) is 0. The van der Waals surface area contributed by atoms with Crippen LogP contribution in [-0.4, -0.2) is 10.7 Å². The van der Waals surface area contributed by atoms with Crippen molar-refractivity contribution < 1.29 is 21.3 Å². The third kappa shape index (κ3) is 12.6. The van der Waals surface area contributed by atoms with Gasteiger partial charge in [-0.2, -0.15) is 13.8 Å². The summed E-state index contributed by atoms with van der Waals surface area (Å²) in [6, 6.07) is 17.5. The Labute approximate surface area is 213 Å². The number of nitrogens with zero attached hydrogens (tertiary/aromatic N) is 2. The van der Waals surface area contributed by atoms with Gasteiger partial charge in [-0.3, -0.25) is 0 Å². The molecule has 33 heavy (non-hydrogen) atoms. The largest absolute Gasteiger partial charge is 2.00 e. The summed E-state index contributed by atoms with van der Waals surface area (Å²) in [5.74, 6) is 2.79. The van der Waals surface area contributed by atoms with Gasteiger partial charge >= 0.3 is 22.4 Å².